The third-order valence-electron chi connectivity index (χ3n) is 4.47. The molecule has 3 heterocycles. The molecule has 0 spiro atoms. The van der Waals surface area contributed by atoms with E-state index in [4.69, 9.17) is 0 Å². The van der Waals surface area contributed by atoms with Crippen LogP contribution in [0.5, 0.6) is 0 Å². The summed E-state index contributed by atoms with van der Waals surface area (Å²) >= 11 is 0. The monoisotopic (exact) mass is 468 g/mol. The van der Waals surface area contributed by atoms with Crippen molar-refractivity contribution >= 4 is 28.9 Å². The van der Waals surface area contributed by atoms with E-state index in [1.54, 1.807) is 36.5 Å². The van der Waals surface area contributed by atoms with Crippen molar-refractivity contribution < 1.29 is 18.0 Å². The molecule has 0 bridgehead atoms. The number of amides is 1. The number of anilines is 2. The largest absolute Gasteiger partial charge is 0.433 e. The molecule has 0 unspecified atom stereocenters. The second-order valence-corrected chi connectivity index (χ2v) is 7.08. The Balaban J connectivity index is 2.02. The van der Waals surface area contributed by atoms with Crippen LogP contribution in [-0.4, -0.2) is 26.7 Å². The lowest BCUT2D eigenvalue weighted by Gasteiger charge is -2.13. The summed E-state index contributed by atoms with van der Waals surface area (Å²) in [5.41, 5.74) is 0.549. The first kappa shape index (κ1) is 24.4. The Labute approximate surface area is 194 Å². The number of carbonyl (C=O) groups excluding carboxylic acids is 1. The quantitative estimate of drug-likeness (QED) is 0.226. The molecule has 176 valence electrons. The average Bonchev–Trinajstić information content (AvgIpc) is 3.36. The van der Waals surface area contributed by atoms with Crippen molar-refractivity contribution in [1.29, 1.82) is 0 Å². The fourth-order valence-corrected chi connectivity index (χ4v) is 2.87. The first-order valence-corrected chi connectivity index (χ1v) is 10.4. The lowest BCUT2D eigenvalue weighted by molar-refractivity contribution is -0.141. The van der Waals surface area contributed by atoms with E-state index in [0.29, 0.717) is 35.2 Å². The predicted molar refractivity (Wildman–Crippen MR) is 126 cm³/mol. The van der Waals surface area contributed by atoms with Gasteiger partial charge in [0.25, 0.3) is 0 Å². The fraction of sp³-hybridized carbons (Fsp3) is 0.167. The van der Waals surface area contributed by atoms with Gasteiger partial charge < -0.3 is 15.6 Å². The molecule has 3 aromatic rings. The number of alkyl halides is 3. The fourth-order valence-electron chi connectivity index (χ4n) is 2.87. The van der Waals surface area contributed by atoms with E-state index in [0.717, 1.165) is 18.6 Å². The lowest BCUT2D eigenvalue weighted by atomic mass is 10.2. The van der Waals surface area contributed by atoms with E-state index in [1.165, 1.54) is 18.3 Å². The SMILES string of the molecule is C=CC(=O)Nc1cc(NC(=N/C(=C/CCC)c2cccc(C(F)(F)F)n2)c2ccc[nH]2)ccn1. The molecule has 0 aliphatic carbocycles. The number of aromatic amines is 1. The highest BCUT2D eigenvalue weighted by atomic mass is 19.4. The van der Waals surface area contributed by atoms with Gasteiger partial charge in [0, 0.05) is 24.1 Å². The molecule has 0 aliphatic rings. The number of carbonyl (C=O) groups is 1. The lowest BCUT2D eigenvalue weighted by Crippen LogP contribution is -2.16. The Morgan fingerprint density at radius 2 is 2.03 bits per heavy atom. The highest BCUT2D eigenvalue weighted by Gasteiger charge is 2.32. The number of unbranched alkanes of at least 4 members (excludes halogenated alkanes) is 1. The Bertz CT molecular complexity index is 1200. The Morgan fingerprint density at radius 3 is 2.71 bits per heavy atom. The molecule has 7 nitrogen and oxygen atoms in total. The molecule has 0 radical (unpaired) electrons. The number of pyridine rings is 2. The molecule has 3 rings (SSSR count). The van der Waals surface area contributed by atoms with Gasteiger partial charge in [0.05, 0.1) is 17.1 Å². The molecular weight excluding hydrogens is 445 g/mol. The van der Waals surface area contributed by atoms with Crippen LogP contribution in [0.4, 0.5) is 24.7 Å². The van der Waals surface area contributed by atoms with Gasteiger partial charge in [-0.15, -0.1) is 0 Å². The summed E-state index contributed by atoms with van der Waals surface area (Å²) in [4.78, 5) is 27.1. The standard InChI is InChI=1S/C24H23F3N6O/c1-3-5-8-18(17-9-6-11-20(31-17)24(25,26)27)32-23(19-10-7-13-28-19)30-16-12-14-29-21(15-16)33-22(34)4-2/h4,6-15,28H,2-3,5H2,1H3,(H2,29,30,32,33,34)/b18-8+. The molecule has 10 heteroatoms. The first-order chi connectivity index (χ1) is 16.3. The second-order valence-electron chi connectivity index (χ2n) is 7.08. The minimum Gasteiger partial charge on any atom is -0.359 e. The maximum atomic E-state index is 13.2. The molecule has 0 saturated carbocycles. The number of aliphatic imine (C=N–C) groups is 1. The van der Waals surface area contributed by atoms with Gasteiger partial charge in [0.1, 0.15) is 11.5 Å². The van der Waals surface area contributed by atoms with Gasteiger partial charge in [-0.05, 0) is 42.8 Å². The topological polar surface area (TPSA) is 95.1 Å². The number of H-pyrrole nitrogens is 1. The zero-order chi connectivity index (χ0) is 24.6. The molecule has 1 amide bonds. The number of nitrogens with zero attached hydrogens (tertiary/aromatic N) is 3. The van der Waals surface area contributed by atoms with Crippen molar-refractivity contribution in [3.8, 4) is 0 Å². The smallest absolute Gasteiger partial charge is 0.359 e. The molecule has 0 aliphatic heterocycles. The van der Waals surface area contributed by atoms with Crippen LogP contribution in [0.15, 0.2) is 78.6 Å². The van der Waals surface area contributed by atoms with Crippen molar-refractivity contribution in [3.63, 3.8) is 0 Å². The van der Waals surface area contributed by atoms with E-state index in [1.807, 2.05) is 6.92 Å². The van der Waals surface area contributed by atoms with Crippen LogP contribution in [0.2, 0.25) is 0 Å². The summed E-state index contributed by atoms with van der Waals surface area (Å²) in [5.74, 6) is 0.226. The molecule has 0 fully saturated rings. The summed E-state index contributed by atoms with van der Waals surface area (Å²) in [6, 6.07) is 10.5. The zero-order valence-corrected chi connectivity index (χ0v) is 18.4. The minimum atomic E-state index is -4.57. The number of amidine groups is 1. The molecule has 0 aromatic carbocycles. The maximum absolute atomic E-state index is 13.2. The van der Waals surface area contributed by atoms with Gasteiger partial charge in [-0.3, -0.25) is 4.79 Å². The van der Waals surface area contributed by atoms with Crippen molar-refractivity contribution in [2.45, 2.75) is 25.9 Å². The zero-order valence-electron chi connectivity index (χ0n) is 18.4. The van der Waals surface area contributed by atoms with Crippen LogP contribution in [0.3, 0.4) is 0 Å². The van der Waals surface area contributed by atoms with Crippen LogP contribution in [-0.2, 0) is 11.0 Å². The Morgan fingerprint density at radius 1 is 1.21 bits per heavy atom. The Kier molecular flexibility index (Phi) is 7.96. The number of nitrogens with one attached hydrogen (secondary N) is 3. The summed E-state index contributed by atoms with van der Waals surface area (Å²) in [6.07, 6.45) is 2.87. The minimum absolute atomic E-state index is 0.0998. The molecular formula is C24H23F3N6O. The van der Waals surface area contributed by atoms with Crippen LogP contribution in [0.1, 0.15) is 36.8 Å². The van der Waals surface area contributed by atoms with Crippen LogP contribution in [0.25, 0.3) is 5.70 Å². The van der Waals surface area contributed by atoms with Gasteiger partial charge in [-0.1, -0.05) is 32.1 Å². The summed E-state index contributed by atoms with van der Waals surface area (Å²) in [5, 5.41) is 5.72. The number of halogens is 3. The molecule has 0 atom stereocenters. The highest BCUT2D eigenvalue weighted by molar-refractivity contribution is 6.09. The predicted octanol–water partition coefficient (Wildman–Crippen LogP) is 5.65. The number of aromatic nitrogens is 3. The number of allylic oxidation sites excluding steroid dienone is 1. The first-order valence-electron chi connectivity index (χ1n) is 10.4. The molecule has 34 heavy (non-hydrogen) atoms. The third kappa shape index (κ3) is 6.64. The number of rotatable bonds is 8. The third-order valence-corrected chi connectivity index (χ3v) is 4.47. The van der Waals surface area contributed by atoms with Crippen LogP contribution >= 0.6 is 0 Å². The van der Waals surface area contributed by atoms with E-state index in [9.17, 15) is 18.0 Å². The normalized spacial score (nSPS) is 12.4. The van der Waals surface area contributed by atoms with E-state index < -0.39 is 17.8 Å². The second kappa shape index (κ2) is 11.1. The van der Waals surface area contributed by atoms with Crippen molar-refractivity contribution in [2.75, 3.05) is 10.6 Å². The molecule has 3 N–H and O–H groups in total. The summed E-state index contributed by atoms with van der Waals surface area (Å²) in [6.45, 7) is 5.36. The van der Waals surface area contributed by atoms with Crippen molar-refractivity contribution in [1.82, 2.24) is 15.0 Å². The van der Waals surface area contributed by atoms with Gasteiger partial charge in [0.15, 0.2) is 5.84 Å². The summed E-state index contributed by atoms with van der Waals surface area (Å²) in [7, 11) is 0. The van der Waals surface area contributed by atoms with Gasteiger partial charge in [-0.2, -0.15) is 13.2 Å². The van der Waals surface area contributed by atoms with Gasteiger partial charge >= 0.3 is 6.18 Å². The molecule has 3 aromatic heterocycles. The Hall–Kier alpha value is -4.21. The maximum Gasteiger partial charge on any atom is 0.433 e. The average molecular weight is 468 g/mol. The summed E-state index contributed by atoms with van der Waals surface area (Å²) < 4.78 is 39.7. The van der Waals surface area contributed by atoms with Crippen LogP contribution < -0.4 is 10.6 Å². The molecule has 0 saturated heterocycles. The number of hydrogen-bond acceptors (Lipinski definition) is 4. The highest BCUT2D eigenvalue weighted by Crippen LogP contribution is 2.29. The van der Waals surface area contributed by atoms with E-state index in [-0.39, 0.29) is 5.69 Å². The van der Waals surface area contributed by atoms with E-state index >= 15 is 0 Å². The number of hydrogen-bond donors (Lipinski definition) is 3. The van der Waals surface area contributed by atoms with Crippen LogP contribution in [0, 0.1) is 0 Å². The van der Waals surface area contributed by atoms with Gasteiger partial charge in [-0.25, -0.2) is 15.0 Å². The van der Waals surface area contributed by atoms with Crippen molar-refractivity contribution in [3.05, 3.63) is 90.7 Å². The van der Waals surface area contributed by atoms with Gasteiger partial charge in [0.2, 0.25) is 5.91 Å². The van der Waals surface area contributed by atoms with Crippen molar-refractivity contribution in [2.24, 2.45) is 4.99 Å². The van der Waals surface area contributed by atoms with E-state index in [2.05, 4.69) is 37.2 Å².